The lowest BCUT2D eigenvalue weighted by Gasteiger charge is -2.13. The predicted molar refractivity (Wildman–Crippen MR) is 81.6 cm³/mol. The van der Waals surface area contributed by atoms with Crippen molar-refractivity contribution in [1.82, 2.24) is 9.78 Å². The van der Waals surface area contributed by atoms with Gasteiger partial charge in [0.05, 0.1) is 6.10 Å². The van der Waals surface area contributed by atoms with Crippen molar-refractivity contribution >= 4 is 5.82 Å². The molecule has 0 aliphatic carbocycles. The smallest absolute Gasteiger partial charge is 0.148 e. The number of hydrogen-bond donors (Lipinski definition) is 2. The Morgan fingerprint density at radius 3 is 2.45 bits per heavy atom. The first kappa shape index (κ1) is 14.6. The van der Waals surface area contributed by atoms with Gasteiger partial charge >= 0.3 is 0 Å². The highest BCUT2D eigenvalue weighted by Crippen LogP contribution is 2.16. The van der Waals surface area contributed by atoms with E-state index in [-0.39, 0.29) is 0 Å². The molecule has 4 heteroatoms. The Hall–Kier alpha value is -1.81. The van der Waals surface area contributed by atoms with E-state index >= 15 is 0 Å². The molecular formula is C16H23N3O. The van der Waals surface area contributed by atoms with Crippen LogP contribution in [0, 0.1) is 5.92 Å². The monoisotopic (exact) mass is 273 g/mol. The van der Waals surface area contributed by atoms with E-state index in [0.29, 0.717) is 12.5 Å². The summed E-state index contributed by atoms with van der Waals surface area (Å²) >= 11 is 0. The van der Waals surface area contributed by atoms with Gasteiger partial charge in [0.2, 0.25) is 0 Å². The minimum atomic E-state index is -0.523. The maximum Gasteiger partial charge on any atom is 0.148 e. The van der Waals surface area contributed by atoms with Crippen LogP contribution in [0.25, 0.3) is 0 Å². The highest BCUT2D eigenvalue weighted by Gasteiger charge is 2.08. The van der Waals surface area contributed by atoms with E-state index in [2.05, 4.69) is 36.4 Å². The van der Waals surface area contributed by atoms with Gasteiger partial charge in [-0.2, -0.15) is 5.10 Å². The zero-order chi connectivity index (χ0) is 14.5. The van der Waals surface area contributed by atoms with Crippen LogP contribution in [0.1, 0.15) is 31.1 Å². The van der Waals surface area contributed by atoms with Crippen LogP contribution in [0.5, 0.6) is 0 Å². The molecule has 0 saturated heterocycles. The molecule has 0 amide bonds. The third kappa shape index (κ3) is 4.10. The Balaban J connectivity index is 1.90. The topological polar surface area (TPSA) is 50.1 Å². The van der Waals surface area contributed by atoms with Crippen molar-refractivity contribution in [3.63, 3.8) is 0 Å². The van der Waals surface area contributed by atoms with Gasteiger partial charge in [-0.05, 0) is 23.5 Å². The summed E-state index contributed by atoms with van der Waals surface area (Å²) in [4.78, 5) is 0. The van der Waals surface area contributed by atoms with E-state index in [1.807, 2.05) is 31.4 Å². The van der Waals surface area contributed by atoms with E-state index in [1.54, 1.807) is 4.68 Å². The minimum Gasteiger partial charge on any atom is -0.387 e. The average Bonchev–Trinajstić information content (AvgIpc) is 2.82. The van der Waals surface area contributed by atoms with Crippen LogP contribution in [-0.2, 0) is 13.5 Å². The van der Waals surface area contributed by atoms with Gasteiger partial charge in [0.1, 0.15) is 5.82 Å². The average molecular weight is 273 g/mol. The number of benzene rings is 1. The van der Waals surface area contributed by atoms with Crippen molar-refractivity contribution in [3.05, 3.63) is 47.7 Å². The normalized spacial score (nSPS) is 12.7. The fourth-order valence-electron chi connectivity index (χ4n) is 2.18. The number of rotatable bonds is 6. The molecule has 1 aromatic carbocycles. The molecule has 0 aliphatic rings. The van der Waals surface area contributed by atoms with Gasteiger partial charge in [0.15, 0.2) is 0 Å². The Labute approximate surface area is 120 Å². The highest BCUT2D eigenvalue weighted by molar-refractivity contribution is 5.33. The SMILES string of the molecule is CC(C)Cc1ccc(C(O)CNc2ccn(C)n2)cc1. The maximum absolute atomic E-state index is 10.2. The van der Waals surface area contributed by atoms with E-state index in [9.17, 15) is 5.11 Å². The van der Waals surface area contributed by atoms with E-state index in [1.165, 1.54) is 5.56 Å². The van der Waals surface area contributed by atoms with Gasteiger partial charge in [0, 0.05) is 25.9 Å². The molecule has 4 nitrogen and oxygen atoms in total. The van der Waals surface area contributed by atoms with Crippen LogP contribution in [0.3, 0.4) is 0 Å². The lowest BCUT2D eigenvalue weighted by atomic mass is 10.0. The molecule has 0 spiro atoms. The number of anilines is 1. The Morgan fingerprint density at radius 1 is 1.20 bits per heavy atom. The van der Waals surface area contributed by atoms with Gasteiger partial charge in [0.25, 0.3) is 0 Å². The second-order valence-corrected chi connectivity index (χ2v) is 5.61. The Kier molecular flexibility index (Phi) is 4.79. The summed E-state index contributed by atoms with van der Waals surface area (Å²) in [5.41, 5.74) is 2.24. The molecule has 1 heterocycles. The molecule has 2 N–H and O–H groups in total. The van der Waals surface area contributed by atoms with Gasteiger partial charge < -0.3 is 10.4 Å². The summed E-state index contributed by atoms with van der Waals surface area (Å²) in [6, 6.07) is 10.1. The minimum absolute atomic E-state index is 0.459. The number of nitrogens with zero attached hydrogens (tertiary/aromatic N) is 2. The molecule has 0 saturated carbocycles. The van der Waals surface area contributed by atoms with E-state index < -0.39 is 6.10 Å². The molecule has 2 aromatic rings. The first-order chi connectivity index (χ1) is 9.54. The quantitative estimate of drug-likeness (QED) is 0.851. The zero-order valence-corrected chi connectivity index (χ0v) is 12.4. The zero-order valence-electron chi connectivity index (χ0n) is 12.4. The maximum atomic E-state index is 10.2. The second kappa shape index (κ2) is 6.57. The highest BCUT2D eigenvalue weighted by atomic mass is 16.3. The standard InChI is InChI=1S/C16H23N3O/c1-12(2)10-13-4-6-14(7-5-13)15(20)11-17-16-8-9-19(3)18-16/h4-9,12,15,20H,10-11H2,1-3H3,(H,17,18). The predicted octanol–water partition coefficient (Wildman–Crippen LogP) is 2.76. The lowest BCUT2D eigenvalue weighted by Crippen LogP contribution is -2.12. The Morgan fingerprint density at radius 2 is 1.90 bits per heavy atom. The Bertz CT molecular complexity index is 531. The first-order valence-electron chi connectivity index (χ1n) is 7.05. The third-order valence-electron chi connectivity index (χ3n) is 3.20. The van der Waals surface area contributed by atoms with Crippen molar-refractivity contribution < 1.29 is 5.11 Å². The molecule has 0 aliphatic heterocycles. The van der Waals surface area contributed by atoms with Crippen molar-refractivity contribution in [2.24, 2.45) is 13.0 Å². The van der Waals surface area contributed by atoms with E-state index in [0.717, 1.165) is 17.8 Å². The second-order valence-electron chi connectivity index (χ2n) is 5.61. The molecule has 2 rings (SSSR count). The van der Waals surface area contributed by atoms with Gasteiger partial charge in [-0.1, -0.05) is 38.1 Å². The van der Waals surface area contributed by atoms with Gasteiger partial charge in [-0.3, -0.25) is 4.68 Å². The summed E-state index contributed by atoms with van der Waals surface area (Å²) in [5.74, 6) is 1.43. The van der Waals surface area contributed by atoms with Crippen LogP contribution in [-0.4, -0.2) is 21.4 Å². The van der Waals surface area contributed by atoms with Crippen molar-refractivity contribution in [2.75, 3.05) is 11.9 Å². The molecule has 0 radical (unpaired) electrons. The molecule has 0 bridgehead atoms. The first-order valence-corrected chi connectivity index (χ1v) is 7.05. The summed E-state index contributed by atoms with van der Waals surface area (Å²) in [6.45, 7) is 4.87. The largest absolute Gasteiger partial charge is 0.387 e. The number of nitrogens with one attached hydrogen (secondary N) is 1. The van der Waals surface area contributed by atoms with Gasteiger partial charge in [-0.15, -0.1) is 0 Å². The van der Waals surface area contributed by atoms with Crippen molar-refractivity contribution in [2.45, 2.75) is 26.4 Å². The fourth-order valence-corrected chi connectivity index (χ4v) is 2.18. The number of hydrogen-bond acceptors (Lipinski definition) is 3. The third-order valence-corrected chi connectivity index (χ3v) is 3.20. The summed E-state index contributed by atoms with van der Waals surface area (Å²) in [7, 11) is 1.87. The number of aromatic nitrogens is 2. The molecule has 108 valence electrons. The van der Waals surface area contributed by atoms with Crippen LogP contribution in [0.2, 0.25) is 0 Å². The van der Waals surface area contributed by atoms with Crippen LogP contribution >= 0.6 is 0 Å². The molecule has 1 atom stereocenters. The van der Waals surface area contributed by atoms with E-state index in [4.69, 9.17) is 0 Å². The molecule has 1 unspecified atom stereocenters. The van der Waals surface area contributed by atoms with Crippen molar-refractivity contribution in [3.8, 4) is 0 Å². The summed E-state index contributed by atoms with van der Waals surface area (Å²) in [5, 5.41) is 17.5. The molecule has 1 aromatic heterocycles. The number of aliphatic hydroxyl groups is 1. The summed E-state index contributed by atoms with van der Waals surface area (Å²) < 4.78 is 1.73. The molecule has 20 heavy (non-hydrogen) atoms. The summed E-state index contributed by atoms with van der Waals surface area (Å²) in [6.07, 6.45) is 2.42. The fraction of sp³-hybridized carbons (Fsp3) is 0.438. The van der Waals surface area contributed by atoms with Gasteiger partial charge in [-0.25, -0.2) is 0 Å². The van der Waals surface area contributed by atoms with Crippen LogP contribution in [0.15, 0.2) is 36.5 Å². The van der Waals surface area contributed by atoms with Crippen molar-refractivity contribution in [1.29, 1.82) is 0 Å². The number of aliphatic hydroxyl groups excluding tert-OH is 1. The number of aryl methyl sites for hydroxylation is 1. The van der Waals surface area contributed by atoms with Crippen LogP contribution < -0.4 is 5.32 Å². The molecular weight excluding hydrogens is 250 g/mol. The lowest BCUT2D eigenvalue weighted by molar-refractivity contribution is 0.191. The van der Waals surface area contributed by atoms with Crippen LogP contribution in [0.4, 0.5) is 5.82 Å². The molecule has 0 fully saturated rings.